The number of esters is 1. The first-order valence-electron chi connectivity index (χ1n) is 8.33. The molecule has 1 N–H and O–H groups in total. The number of hydrogen-bond donors (Lipinski definition) is 1. The molecule has 0 saturated carbocycles. The summed E-state index contributed by atoms with van der Waals surface area (Å²) in [5.74, 6) is -0.428. The van der Waals surface area contributed by atoms with Crippen LogP contribution < -0.4 is 10.1 Å². The molecule has 0 aliphatic heterocycles. The Balaban J connectivity index is 1.61. The van der Waals surface area contributed by atoms with E-state index >= 15 is 0 Å². The quantitative estimate of drug-likeness (QED) is 0.591. The van der Waals surface area contributed by atoms with E-state index in [1.807, 2.05) is 12.1 Å². The van der Waals surface area contributed by atoms with Crippen LogP contribution in [-0.2, 0) is 9.53 Å². The molecule has 0 aliphatic rings. The molecule has 0 spiro atoms. The average Bonchev–Trinajstić information content (AvgIpc) is 3.19. The third kappa shape index (κ3) is 4.88. The predicted octanol–water partition coefficient (Wildman–Crippen LogP) is 4.66. The van der Waals surface area contributed by atoms with Crippen molar-refractivity contribution in [3.05, 3.63) is 64.6 Å². The van der Waals surface area contributed by atoms with Crippen molar-refractivity contribution in [2.24, 2.45) is 0 Å². The summed E-state index contributed by atoms with van der Waals surface area (Å²) in [4.78, 5) is 28.8. The predicted molar refractivity (Wildman–Crippen MR) is 109 cm³/mol. The molecule has 1 aromatic heterocycles. The molecule has 3 rings (SSSR count). The molecule has 0 unspecified atom stereocenters. The summed E-state index contributed by atoms with van der Waals surface area (Å²) < 4.78 is 10.3. The van der Waals surface area contributed by atoms with E-state index in [0.717, 1.165) is 5.56 Å². The van der Waals surface area contributed by atoms with Crippen LogP contribution in [0.25, 0.3) is 10.6 Å². The third-order valence-corrected chi connectivity index (χ3v) is 4.92. The molecule has 8 heteroatoms. The van der Waals surface area contributed by atoms with Crippen LogP contribution in [-0.4, -0.2) is 30.1 Å². The molecule has 1 amide bonds. The molecule has 0 aliphatic carbocycles. The maximum atomic E-state index is 12.3. The fourth-order valence-electron chi connectivity index (χ4n) is 2.31. The Kier molecular flexibility index (Phi) is 6.28. The van der Waals surface area contributed by atoms with E-state index in [-0.39, 0.29) is 5.69 Å². The zero-order chi connectivity index (χ0) is 20.1. The van der Waals surface area contributed by atoms with Gasteiger partial charge in [0, 0.05) is 21.7 Å². The van der Waals surface area contributed by atoms with Crippen LogP contribution in [0.3, 0.4) is 0 Å². The molecule has 3 aromatic rings. The van der Waals surface area contributed by atoms with Crippen molar-refractivity contribution < 1.29 is 19.1 Å². The SMILES string of the molecule is COc1ccc(NC(=O)[C@@H](C)OC(=O)c2csc(-c3cccc(Cl)c3)n2)cc1. The number of benzene rings is 2. The Morgan fingerprint density at radius 3 is 2.61 bits per heavy atom. The number of anilines is 1. The summed E-state index contributed by atoms with van der Waals surface area (Å²) in [6.45, 7) is 1.50. The number of nitrogens with one attached hydrogen (secondary N) is 1. The van der Waals surface area contributed by atoms with Crippen LogP contribution in [0, 0.1) is 0 Å². The summed E-state index contributed by atoms with van der Waals surface area (Å²) >= 11 is 7.28. The van der Waals surface area contributed by atoms with Gasteiger partial charge >= 0.3 is 5.97 Å². The van der Waals surface area contributed by atoms with Gasteiger partial charge in [-0.25, -0.2) is 9.78 Å². The molecule has 144 valence electrons. The van der Waals surface area contributed by atoms with Crippen LogP contribution in [0.15, 0.2) is 53.9 Å². The lowest BCUT2D eigenvalue weighted by Crippen LogP contribution is -2.30. The lowest BCUT2D eigenvalue weighted by molar-refractivity contribution is -0.123. The van der Waals surface area contributed by atoms with E-state index in [2.05, 4.69) is 10.3 Å². The summed E-state index contributed by atoms with van der Waals surface area (Å²) in [5.41, 5.74) is 1.52. The number of thiazole rings is 1. The molecule has 1 heterocycles. The number of carbonyl (C=O) groups is 2. The van der Waals surface area contributed by atoms with Crippen molar-refractivity contribution in [2.45, 2.75) is 13.0 Å². The normalized spacial score (nSPS) is 11.5. The lowest BCUT2D eigenvalue weighted by atomic mass is 10.2. The van der Waals surface area contributed by atoms with Crippen molar-refractivity contribution in [3.8, 4) is 16.3 Å². The molecule has 2 aromatic carbocycles. The zero-order valence-electron chi connectivity index (χ0n) is 15.1. The van der Waals surface area contributed by atoms with Crippen LogP contribution in [0.1, 0.15) is 17.4 Å². The van der Waals surface area contributed by atoms with Crippen molar-refractivity contribution in [1.29, 1.82) is 0 Å². The first-order valence-corrected chi connectivity index (χ1v) is 9.59. The summed E-state index contributed by atoms with van der Waals surface area (Å²) in [6, 6.07) is 14.0. The molecule has 0 fully saturated rings. The number of nitrogens with zero attached hydrogens (tertiary/aromatic N) is 1. The molecule has 0 radical (unpaired) electrons. The van der Waals surface area contributed by atoms with Gasteiger partial charge in [-0.3, -0.25) is 4.79 Å². The third-order valence-electron chi connectivity index (χ3n) is 3.80. The first kappa shape index (κ1) is 19.9. The Labute approximate surface area is 171 Å². The summed E-state index contributed by atoms with van der Waals surface area (Å²) in [6.07, 6.45) is -0.981. The van der Waals surface area contributed by atoms with E-state index in [1.165, 1.54) is 18.3 Å². The van der Waals surface area contributed by atoms with Gasteiger partial charge in [0.15, 0.2) is 11.8 Å². The number of amides is 1. The molecule has 0 bridgehead atoms. The highest BCUT2D eigenvalue weighted by Crippen LogP contribution is 2.26. The second-order valence-electron chi connectivity index (χ2n) is 5.81. The highest BCUT2D eigenvalue weighted by molar-refractivity contribution is 7.13. The average molecular weight is 417 g/mol. The van der Waals surface area contributed by atoms with E-state index in [0.29, 0.717) is 21.5 Å². The van der Waals surface area contributed by atoms with Crippen LogP contribution in [0.2, 0.25) is 5.02 Å². The minimum absolute atomic E-state index is 0.143. The Hall–Kier alpha value is -2.90. The Morgan fingerprint density at radius 2 is 1.93 bits per heavy atom. The minimum Gasteiger partial charge on any atom is -0.497 e. The Bertz CT molecular complexity index is 988. The van der Waals surface area contributed by atoms with Crippen molar-refractivity contribution >= 4 is 40.5 Å². The number of ether oxygens (including phenoxy) is 2. The van der Waals surface area contributed by atoms with Gasteiger partial charge in [0.05, 0.1) is 7.11 Å². The first-order chi connectivity index (χ1) is 13.5. The van der Waals surface area contributed by atoms with Gasteiger partial charge in [-0.05, 0) is 43.3 Å². The molecular weight excluding hydrogens is 400 g/mol. The highest BCUT2D eigenvalue weighted by Gasteiger charge is 2.21. The van der Waals surface area contributed by atoms with Gasteiger partial charge in [0.1, 0.15) is 10.8 Å². The van der Waals surface area contributed by atoms with E-state index in [4.69, 9.17) is 21.1 Å². The summed E-state index contributed by atoms with van der Waals surface area (Å²) in [5, 5.41) is 5.50. The number of methoxy groups -OCH3 is 1. The van der Waals surface area contributed by atoms with Gasteiger partial charge in [0.25, 0.3) is 5.91 Å². The van der Waals surface area contributed by atoms with Crippen LogP contribution in [0.5, 0.6) is 5.75 Å². The molecule has 1 atom stereocenters. The molecule has 6 nitrogen and oxygen atoms in total. The van der Waals surface area contributed by atoms with Gasteiger partial charge < -0.3 is 14.8 Å². The second-order valence-corrected chi connectivity index (χ2v) is 7.11. The van der Waals surface area contributed by atoms with Gasteiger partial charge in [-0.15, -0.1) is 11.3 Å². The fourth-order valence-corrected chi connectivity index (χ4v) is 3.29. The second kappa shape index (κ2) is 8.86. The minimum atomic E-state index is -0.981. The van der Waals surface area contributed by atoms with Crippen LogP contribution in [0.4, 0.5) is 5.69 Å². The van der Waals surface area contributed by atoms with Crippen LogP contribution >= 0.6 is 22.9 Å². The highest BCUT2D eigenvalue weighted by atomic mass is 35.5. The van der Waals surface area contributed by atoms with Gasteiger partial charge in [-0.2, -0.15) is 0 Å². The van der Waals surface area contributed by atoms with E-state index in [1.54, 1.807) is 48.9 Å². The lowest BCUT2D eigenvalue weighted by Gasteiger charge is -2.13. The Morgan fingerprint density at radius 1 is 1.18 bits per heavy atom. The number of hydrogen-bond acceptors (Lipinski definition) is 6. The zero-order valence-corrected chi connectivity index (χ0v) is 16.7. The van der Waals surface area contributed by atoms with Crippen molar-refractivity contribution in [3.63, 3.8) is 0 Å². The summed E-state index contributed by atoms with van der Waals surface area (Å²) in [7, 11) is 1.56. The van der Waals surface area contributed by atoms with Gasteiger partial charge in [0.2, 0.25) is 0 Å². The molecular formula is C20H17ClN2O4S. The number of aromatic nitrogens is 1. The molecule has 0 saturated heterocycles. The molecule has 28 heavy (non-hydrogen) atoms. The monoisotopic (exact) mass is 416 g/mol. The topological polar surface area (TPSA) is 77.5 Å². The van der Waals surface area contributed by atoms with Gasteiger partial charge in [-0.1, -0.05) is 23.7 Å². The maximum absolute atomic E-state index is 12.3. The van der Waals surface area contributed by atoms with E-state index in [9.17, 15) is 9.59 Å². The van der Waals surface area contributed by atoms with Crippen molar-refractivity contribution in [2.75, 3.05) is 12.4 Å². The smallest absolute Gasteiger partial charge is 0.358 e. The number of carbonyl (C=O) groups excluding carboxylic acids is 2. The van der Waals surface area contributed by atoms with Crippen molar-refractivity contribution in [1.82, 2.24) is 4.98 Å². The number of rotatable bonds is 6. The number of halogens is 1. The maximum Gasteiger partial charge on any atom is 0.358 e. The van der Waals surface area contributed by atoms with E-state index < -0.39 is 18.0 Å². The largest absolute Gasteiger partial charge is 0.497 e. The fraction of sp³-hybridized carbons (Fsp3) is 0.150. The standard InChI is InChI=1S/C20H17ClN2O4S/c1-12(18(24)22-15-6-8-16(26-2)9-7-15)27-20(25)17-11-28-19(23-17)13-4-3-5-14(21)10-13/h3-12H,1-2H3,(H,22,24)/t12-/m1/s1.